The Balaban J connectivity index is 2.00. The summed E-state index contributed by atoms with van der Waals surface area (Å²) < 4.78 is 5.57. The number of rotatable bonds is 6. The van der Waals surface area contributed by atoms with E-state index in [1.54, 1.807) is 0 Å². The lowest BCUT2D eigenvalue weighted by atomic mass is 10.4. The molecule has 3 N–H and O–H groups in total. The molecule has 7 heteroatoms. The molecule has 0 saturated heterocycles. The highest BCUT2D eigenvalue weighted by Gasteiger charge is 2.41. The molecule has 0 spiro atoms. The minimum Gasteiger partial charge on any atom is -0.464 e. The fourth-order valence-corrected chi connectivity index (χ4v) is 2.20. The molecule has 6 nitrogen and oxygen atoms in total. The van der Waals surface area contributed by atoms with Crippen LogP contribution in [-0.2, 0) is 0 Å². The molecule has 0 radical (unpaired) electrons. The van der Waals surface area contributed by atoms with Gasteiger partial charge in [-0.25, -0.2) is 0 Å². The number of ether oxygens (including phenoxy) is 1. The largest absolute Gasteiger partial charge is 0.464 e. The van der Waals surface area contributed by atoms with Crippen molar-refractivity contribution >= 4 is 23.7 Å². The highest BCUT2D eigenvalue weighted by Crippen LogP contribution is 2.46. The van der Waals surface area contributed by atoms with Gasteiger partial charge in [0, 0.05) is 11.3 Å². The van der Waals surface area contributed by atoms with E-state index >= 15 is 0 Å². The lowest BCUT2D eigenvalue weighted by molar-refractivity contribution is 0.312. The molecule has 0 atom stereocenters. The zero-order chi connectivity index (χ0) is 12.3. The van der Waals surface area contributed by atoms with E-state index in [9.17, 15) is 0 Å². The first-order valence-electron chi connectivity index (χ1n) is 5.61. The van der Waals surface area contributed by atoms with Crippen LogP contribution < -0.4 is 15.8 Å². The summed E-state index contributed by atoms with van der Waals surface area (Å²) in [6.07, 6.45) is 4.60. The molecule has 0 aliphatic heterocycles. The molecule has 2 rings (SSSR count). The van der Waals surface area contributed by atoms with Crippen molar-refractivity contribution in [2.45, 2.75) is 24.5 Å². The van der Waals surface area contributed by atoms with Crippen molar-refractivity contribution < 1.29 is 4.74 Å². The van der Waals surface area contributed by atoms with Crippen molar-refractivity contribution in [3.8, 4) is 6.01 Å². The zero-order valence-electron chi connectivity index (χ0n) is 10.1. The lowest BCUT2D eigenvalue weighted by Gasteiger charge is -2.13. The van der Waals surface area contributed by atoms with Gasteiger partial charge < -0.3 is 15.8 Å². The molecule has 1 aromatic rings. The van der Waals surface area contributed by atoms with E-state index in [2.05, 4.69) is 26.5 Å². The maximum Gasteiger partial charge on any atom is 0.323 e. The van der Waals surface area contributed by atoms with Crippen LogP contribution in [0.1, 0.15) is 19.8 Å². The van der Waals surface area contributed by atoms with Crippen LogP contribution in [-0.4, -0.2) is 39.1 Å². The molecule has 1 fully saturated rings. The molecule has 17 heavy (non-hydrogen) atoms. The Morgan fingerprint density at radius 2 is 2.18 bits per heavy atom. The number of anilines is 2. The number of thioether (sulfide) groups is 1. The minimum absolute atomic E-state index is 0.181. The van der Waals surface area contributed by atoms with Crippen molar-refractivity contribution in [2.24, 2.45) is 0 Å². The minimum atomic E-state index is 0.181. The monoisotopic (exact) mass is 255 g/mol. The molecule has 1 heterocycles. The van der Waals surface area contributed by atoms with E-state index in [-0.39, 0.29) is 12.0 Å². The van der Waals surface area contributed by atoms with Crippen molar-refractivity contribution in [3.05, 3.63) is 0 Å². The van der Waals surface area contributed by atoms with E-state index in [0.29, 0.717) is 17.3 Å². The Labute approximate surface area is 105 Å². The third-order valence-electron chi connectivity index (χ3n) is 2.71. The average molecular weight is 255 g/mol. The van der Waals surface area contributed by atoms with E-state index in [0.717, 1.165) is 6.54 Å². The van der Waals surface area contributed by atoms with Gasteiger partial charge in [-0.2, -0.15) is 26.7 Å². The Bertz CT molecular complexity index is 396. The van der Waals surface area contributed by atoms with Gasteiger partial charge in [-0.05, 0) is 26.0 Å². The molecule has 0 unspecified atom stereocenters. The van der Waals surface area contributed by atoms with Gasteiger partial charge in [-0.1, -0.05) is 0 Å². The smallest absolute Gasteiger partial charge is 0.323 e. The number of aromatic nitrogens is 3. The number of nitrogens with one attached hydrogen (secondary N) is 1. The number of nitrogens with two attached hydrogens (primary N) is 1. The lowest BCUT2D eigenvalue weighted by Crippen LogP contribution is -2.19. The standard InChI is InChI=1S/C10H17N5OS/c1-3-16-9-14-7(11)13-8(15-9)12-6-10(17-2)4-5-10/h3-6H2,1-2H3,(H3,11,12,13,14,15). The second-order valence-electron chi connectivity index (χ2n) is 3.97. The summed E-state index contributed by atoms with van der Waals surface area (Å²) in [6.45, 7) is 3.24. The third kappa shape index (κ3) is 3.12. The Morgan fingerprint density at radius 1 is 1.41 bits per heavy atom. The first-order chi connectivity index (χ1) is 8.17. The molecule has 94 valence electrons. The van der Waals surface area contributed by atoms with Gasteiger partial charge in [0.15, 0.2) is 0 Å². The highest BCUT2D eigenvalue weighted by atomic mass is 32.2. The molecule has 1 saturated carbocycles. The molecule has 0 amide bonds. The molecule has 1 aliphatic carbocycles. The van der Waals surface area contributed by atoms with Crippen LogP contribution in [0.4, 0.5) is 11.9 Å². The normalized spacial score (nSPS) is 16.6. The molecule has 1 aromatic heterocycles. The second kappa shape index (κ2) is 4.95. The molecule has 1 aliphatic rings. The second-order valence-corrected chi connectivity index (χ2v) is 5.25. The summed E-state index contributed by atoms with van der Waals surface area (Å²) in [5.74, 6) is 0.668. The summed E-state index contributed by atoms with van der Waals surface area (Å²) in [7, 11) is 0. The quantitative estimate of drug-likeness (QED) is 0.788. The van der Waals surface area contributed by atoms with Crippen molar-refractivity contribution in [1.82, 2.24) is 15.0 Å². The van der Waals surface area contributed by atoms with Crippen LogP contribution in [0.5, 0.6) is 6.01 Å². The fourth-order valence-electron chi connectivity index (χ4n) is 1.48. The zero-order valence-corrected chi connectivity index (χ0v) is 10.9. The Hall–Kier alpha value is -1.24. The van der Waals surface area contributed by atoms with E-state index in [1.165, 1.54) is 12.8 Å². The van der Waals surface area contributed by atoms with Gasteiger partial charge in [-0.3, -0.25) is 0 Å². The SMILES string of the molecule is CCOc1nc(N)nc(NCC2(SC)CC2)n1. The maximum atomic E-state index is 5.59. The highest BCUT2D eigenvalue weighted by molar-refractivity contribution is 8.00. The molecule has 0 aromatic carbocycles. The summed E-state index contributed by atoms with van der Waals surface area (Å²) in [6, 6.07) is 0.275. The number of hydrogen-bond donors (Lipinski definition) is 2. The number of nitrogen functional groups attached to an aromatic ring is 1. The van der Waals surface area contributed by atoms with Gasteiger partial charge in [-0.15, -0.1) is 0 Å². The molecular weight excluding hydrogens is 238 g/mol. The fraction of sp³-hybridized carbons (Fsp3) is 0.700. The van der Waals surface area contributed by atoms with Crippen LogP contribution in [0.2, 0.25) is 0 Å². The number of hydrogen-bond acceptors (Lipinski definition) is 7. The average Bonchev–Trinajstić information content (AvgIpc) is 3.07. The van der Waals surface area contributed by atoms with E-state index < -0.39 is 0 Å². The Morgan fingerprint density at radius 3 is 2.76 bits per heavy atom. The van der Waals surface area contributed by atoms with Crippen LogP contribution in [0.3, 0.4) is 0 Å². The summed E-state index contributed by atoms with van der Waals surface area (Å²) in [5, 5.41) is 3.19. The summed E-state index contributed by atoms with van der Waals surface area (Å²) in [4.78, 5) is 12.1. The van der Waals surface area contributed by atoms with Gasteiger partial charge in [0.1, 0.15) is 0 Å². The molecular formula is C10H17N5OS. The van der Waals surface area contributed by atoms with Crippen LogP contribution in [0, 0.1) is 0 Å². The van der Waals surface area contributed by atoms with Gasteiger partial charge in [0.05, 0.1) is 6.61 Å². The topological polar surface area (TPSA) is 86.0 Å². The van der Waals surface area contributed by atoms with Crippen LogP contribution in [0.25, 0.3) is 0 Å². The van der Waals surface area contributed by atoms with Crippen LogP contribution >= 0.6 is 11.8 Å². The van der Waals surface area contributed by atoms with Gasteiger partial charge in [0.25, 0.3) is 0 Å². The van der Waals surface area contributed by atoms with Gasteiger partial charge >= 0.3 is 6.01 Å². The predicted octanol–water partition coefficient (Wildman–Crippen LogP) is 1.16. The first kappa shape index (κ1) is 12.2. The first-order valence-corrected chi connectivity index (χ1v) is 6.83. The maximum absolute atomic E-state index is 5.59. The summed E-state index contributed by atoms with van der Waals surface area (Å²) in [5.41, 5.74) is 5.59. The van der Waals surface area contributed by atoms with Crippen molar-refractivity contribution in [1.29, 1.82) is 0 Å². The molecule has 0 bridgehead atoms. The number of nitrogens with zero attached hydrogens (tertiary/aromatic N) is 3. The van der Waals surface area contributed by atoms with E-state index in [4.69, 9.17) is 10.5 Å². The van der Waals surface area contributed by atoms with Crippen LogP contribution in [0.15, 0.2) is 0 Å². The Kier molecular flexibility index (Phi) is 3.56. The van der Waals surface area contributed by atoms with Gasteiger partial charge in [0.2, 0.25) is 11.9 Å². The van der Waals surface area contributed by atoms with E-state index in [1.807, 2.05) is 18.7 Å². The van der Waals surface area contributed by atoms with Crippen molar-refractivity contribution in [3.63, 3.8) is 0 Å². The third-order valence-corrected chi connectivity index (χ3v) is 4.13. The van der Waals surface area contributed by atoms with Crippen molar-refractivity contribution in [2.75, 3.05) is 30.5 Å². The summed E-state index contributed by atoms with van der Waals surface area (Å²) >= 11 is 1.88. The predicted molar refractivity (Wildman–Crippen MR) is 69.4 cm³/mol.